The summed E-state index contributed by atoms with van der Waals surface area (Å²) in [5.74, 6) is -8.61. The third kappa shape index (κ3) is 5.81. The Balaban J connectivity index is 1.17. The van der Waals surface area contributed by atoms with E-state index in [4.69, 9.17) is 4.98 Å². The van der Waals surface area contributed by atoms with Gasteiger partial charge >= 0.3 is 6.18 Å². The molecule has 2 aliphatic heterocycles. The number of benzene rings is 2. The summed E-state index contributed by atoms with van der Waals surface area (Å²) in [6.45, 7) is 0.626. The molecule has 3 atom stereocenters. The van der Waals surface area contributed by atoms with Gasteiger partial charge in [-0.05, 0) is 73.2 Å². The van der Waals surface area contributed by atoms with Crippen molar-refractivity contribution in [1.82, 2.24) is 30.0 Å². The number of allylic oxidation sites excluding steroid dienone is 3. The molecular weight excluding hydrogens is 731 g/mol. The van der Waals surface area contributed by atoms with Gasteiger partial charge in [-0.1, -0.05) is 30.3 Å². The van der Waals surface area contributed by atoms with Crippen LogP contribution in [0.25, 0.3) is 27.9 Å². The summed E-state index contributed by atoms with van der Waals surface area (Å²) in [7, 11) is 0. The van der Waals surface area contributed by atoms with Gasteiger partial charge in [-0.3, -0.25) is 24.2 Å². The van der Waals surface area contributed by atoms with Crippen LogP contribution in [0.1, 0.15) is 59.1 Å². The van der Waals surface area contributed by atoms with Crippen LogP contribution in [0.2, 0.25) is 0 Å². The second-order valence-electron chi connectivity index (χ2n) is 14.1. The van der Waals surface area contributed by atoms with E-state index in [2.05, 4.69) is 20.4 Å². The van der Waals surface area contributed by atoms with Crippen LogP contribution >= 0.6 is 0 Å². The highest BCUT2D eigenvalue weighted by Gasteiger charge is 2.68. The number of aromatic amines is 1. The van der Waals surface area contributed by atoms with Crippen molar-refractivity contribution in [3.05, 3.63) is 124 Å². The van der Waals surface area contributed by atoms with Crippen molar-refractivity contribution >= 4 is 34.3 Å². The zero-order valence-electron chi connectivity index (χ0n) is 28.7. The van der Waals surface area contributed by atoms with Gasteiger partial charge in [0.05, 0.1) is 22.8 Å². The van der Waals surface area contributed by atoms with Gasteiger partial charge in [-0.25, -0.2) is 13.8 Å². The van der Waals surface area contributed by atoms with Crippen molar-refractivity contribution < 1.29 is 40.3 Å². The summed E-state index contributed by atoms with van der Waals surface area (Å²) in [5, 5.41) is 6.20. The fourth-order valence-electron chi connectivity index (χ4n) is 8.06. The summed E-state index contributed by atoms with van der Waals surface area (Å²) in [6, 6.07) is 14.4. The molecule has 2 aromatic carbocycles. The van der Waals surface area contributed by atoms with Crippen molar-refractivity contribution in [2.75, 3.05) is 6.54 Å². The number of nitrogens with one attached hydrogen (secondary N) is 2. The minimum Gasteiger partial charge on any atom is -0.353 e. The van der Waals surface area contributed by atoms with Crippen LogP contribution in [0.4, 0.5) is 30.7 Å². The molecule has 3 aromatic heterocycles. The van der Waals surface area contributed by atoms with E-state index < -0.39 is 71.0 Å². The first-order valence-electron chi connectivity index (χ1n) is 17.3. The van der Waals surface area contributed by atoms with Crippen molar-refractivity contribution in [3.63, 3.8) is 0 Å². The molecule has 9 rings (SSSR count). The fraction of sp³-hybridized carbons (Fsp3) is 0.256. The van der Waals surface area contributed by atoms with Crippen molar-refractivity contribution in [2.24, 2.45) is 10.9 Å². The Morgan fingerprint density at radius 3 is 2.53 bits per heavy atom. The number of amides is 2. The average Bonchev–Trinajstić information content (AvgIpc) is 3.35. The maximum Gasteiger partial charge on any atom is 0.435 e. The van der Waals surface area contributed by atoms with Gasteiger partial charge in [-0.2, -0.15) is 27.1 Å². The molecule has 16 heteroatoms. The minimum absolute atomic E-state index is 0.0664. The number of pyridine rings is 1. The standard InChI is InChI=1S/C39H28F7N7O2/c1-18-23(7-8-31-47-16-33(55)53(18)31)24-14-28-29(15-27(48-28)20-5-3-2-4-6-20)50-35(24)30(11-19-9-21(40)12-22(41)10-19)49-32(54)17-52-37-34(36(51-52)39(44,45)46)25-13-26(25)38(37,42)43/h2-10,12,14-15,25-26,30,48H,11,13,16-17H2,1H3,(H,49,54)/t25-,26+,30-/m0/s1. The van der Waals surface area contributed by atoms with Crippen LogP contribution in [-0.4, -0.2) is 48.8 Å². The average molecular weight is 760 g/mol. The SMILES string of the molecule is CC1=C(c2cc3[nH]c(-c4ccccc4)cc3nc2[C@H](Cc2cc(F)cc(F)c2)NC(=O)Cn2nc(C(F)(F)F)c3c2C(F)(F)[C@@H]2C[C@H]32)C=CC2=NCC(=O)N21. The lowest BCUT2D eigenvalue weighted by Gasteiger charge is -2.27. The molecular formula is C39H28F7N7O2. The second kappa shape index (κ2) is 12.2. The number of carbonyl (C=O) groups excluding carboxylic acids is 2. The largest absolute Gasteiger partial charge is 0.435 e. The highest BCUT2D eigenvalue weighted by molar-refractivity contribution is 6.14. The predicted octanol–water partition coefficient (Wildman–Crippen LogP) is 7.57. The van der Waals surface area contributed by atoms with E-state index in [1.807, 2.05) is 30.3 Å². The van der Waals surface area contributed by atoms with Crippen LogP contribution < -0.4 is 5.32 Å². The van der Waals surface area contributed by atoms with E-state index in [0.717, 1.165) is 17.7 Å². The lowest BCUT2D eigenvalue weighted by Crippen LogP contribution is -2.36. The number of hydrogen-bond donors (Lipinski definition) is 2. The molecule has 2 amide bonds. The summed E-state index contributed by atoms with van der Waals surface area (Å²) in [5.41, 5.74) is 1.17. The smallest absolute Gasteiger partial charge is 0.353 e. The first kappa shape index (κ1) is 34.7. The van der Waals surface area contributed by atoms with Crippen LogP contribution in [0, 0.1) is 17.6 Å². The first-order valence-corrected chi connectivity index (χ1v) is 17.3. The quantitative estimate of drug-likeness (QED) is 0.159. The molecule has 2 aliphatic carbocycles. The van der Waals surface area contributed by atoms with Gasteiger partial charge in [0.2, 0.25) is 5.91 Å². The van der Waals surface area contributed by atoms with Gasteiger partial charge < -0.3 is 10.3 Å². The molecule has 2 N–H and O–H groups in total. The minimum atomic E-state index is -5.03. The third-order valence-electron chi connectivity index (χ3n) is 10.5. The Hall–Kier alpha value is -6.06. The number of aromatic nitrogens is 4. The molecule has 0 spiro atoms. The van der Waals surface area contributed by atoms with Crippen molar-refractivity contribution in [2.45, 2.75) is 50.4 Å². The molecule has 1 saturated carbocycles. The second-order valence-corrected chi connectivity index (χ2v) is 14.1. The number of fused-ring (bicyclic) bond motifs is 5. The number of alkyl halides is 5. The number of carbonyl (C=O) groups is 2. The molecule has 280 valence electrons. The molecule has 9 nitrogen and oxygen atoms in total. The predicted molar refractivity (Wildman–Crippen MR) is 185 cm³/mol. The fourth-order valence-corrected chi connectivity index (χ4v) is 8.06. The zero-order chi connectivity index (χ0) is 38.6. The van der Waals surface area contributed by atoms with Crippen LogP contribution in [-0.2, 0) is 34.7 Å². The normalized spacial score (nSPS) is 20.1. The molecule has 5 heterocycles. The van der Waals surface area contributed by atoms with Crippen molar-refractivity contribution in [3.8, 4) is 11.3 Å². The third-order valence-corrected chi connectivity index (χ3v) is 10.5. The lowest BCUT2D eigenvalue weighted by atomic mass is 9.92. The Labute approximate surface area is 307 Å². The highest BCUT2D eigenvalue weighted by Crippen LogP contribution is 2.68. The Kier molecular flexibility index (Phi) is 7.71. The first-order chi connectivity index (χ1) is 26.2. The number of halogens is 7. The maximum absolute atomic E-state index is 15.4. The van der Waals surface area contributed by atoms with Gasteiger partial charge in [-0.15, -0.1) is 0 Å². The zero-order valence-corrected chi connectivity index (χ0v) is 28.7. The van der Waals surface area contributed by atoms with Gasteiger partial charge in [0.25, 0.3) is 11.8 Å². The lowest BCUT2D eigenvalue weighted by molar-refractivity contribution is -0.142. The molecule has 5 aromatic rings. The Morgan fingerprint density at radius 1 is 1.05 bits per heavy atom. The summed E-state index contributed by atoms with van der Waals surface area (Å²) in [6.07, 6.45) is -2.07. The maximum atomic E-state index is 15.4. The molecule has 0 saturated heterocycles. The Bertz CT molecular complexity index is 2530. The molecule has 4 aliphatic rings. The summed E-state index contributed by atoms with van der Waals surface area (Å²) in [4.78, 5) is 40.8. The van der Waals surface area contributed by atoms with Crippen LogP contribution in [0.3, 0.4) is 0 Å². The number of nitrogens with zero attached hydrogens (tertiary/aromatic N) is 5. The number of rotatable bonds is 8. The summed E-state index contributed by atoms with van der Waals surface area (Å²) >= 11 is 0. The highest BCUT2D eigenvalue weighted by atomic mass is 19.4. The Morgan fingerprint density at radius 2 is 1.80 bits per heavy atom. The topological polar surface area (TPSA) is 108 Å². The van der Waals surface area contributed by atoms with Gasteiger partial charge in [0.15, 0.2) is 5.69 Å². The van der Waals surface area contributed by atoms with E-state index in [-0.39, 0.29) is 36.6 Å². The van der Waals surface area contributed by atoms with Crippen LogP contribution in [0.5, 0.6) is 0 Å². The van der Waals surface area contributed by atoms with Crippen molar-refractivity contribution in [1.29, 1.82) is 0 Å². The molecule has 0 bridgehead atoms. The number of H-pyrrole nitrogens is 1. The molecule has 1 fully saturated rings. The van der Waals surface area contributed by atoms with E-state index in [9.17, 15) is 31.5 Å². The van der Waals surface area contributed by atoms with Gasteiger partial charge in [0.1, 0.15) is 36.3 Å². The number of amidine groups is 1. The molecule has 55 heavy (non-hydrogen) atoms. The van der Waals surface area contributed by atoms with E-state index >= 15 is 8.78 Å². The monoisotopic (exact) mass is 759 g/mol. The van der Waals surface area contributed by atoms with E-state index in [1.54, 1.807) is 31.2 Å². The molecule has 0 unspecified atom stereocenters. The van der Waals surface area contributed by atoms with E-state index in [1.165, 1.54) is 4.90 Å². The molecule has 0 radical (unpaired) electrons. The van der Waals surface area contributed by atoms with Gasteiger partial charge in [0, 0.05) is 40.1 Å². The van der Waals surface area contributed by atoms with Crippen LogP contribution in [0.15, 0.2) is 83.5 Å². The summed E-state index contributed by atoms with van der Waals surface area (Å²) < 4.78 is 102. The van der Waals surface area contributed by atoms with E-state index in [0.29, 0.717) is 50.1 Å². The number of hydrogen-bond acceptors (Lipinski definition) is 5. The number of aliphatic imine (C=N–C) groups is 1.